The molecule has 118 valence electrons. The van der Waals surface area contributed by atoms with Gasteiger partial charge < -0.3 is 0 Å². The van der Waals surface area contributed by atoms with E-state index in [0.717, 1.165) is 5.56 Å². The van der Waals surface area contributed by atoms with Crippen molar-refractivity contribution in [2.24, 2.45) is 0 Å². The molecule has 1 aromatic carbocycles. The number of benzene rings is 1. The number of carbonyl (C=O) groups excluding carboxylic acids is 1. The molecule has 0 radical (unpaired) electrons. The van der Waals surface area contributed by atoms with Crippen LogP contribution >= 0.6 is 11.3 Å². The van der Waals surface area contributed by atoms with Crippen LogP contribution < -0.4 is 0 Å². The Hall–Kier alpha value is -3.11. The van der Waals surface area contributed by atoms with Gasteiger partial charge >= 0.3 is 0 Å². The van der Waals surface area contributed by atoms with Crippen LogP contribution in [0.3, 0.4) is 0 Å². The lowest BCUT2D eigenvalue weighted by Gasteiger charge is -2.04. The number of hydrogen-bond acceptors (Lipinski definition) is 5. The minimum atomic E-state index is -0.522. The number of allylic oxidation sites excluding steroid dienone is 1. The third-order valence-electron chi connectivity index (χ3n) is 3.38. The molecule has 0 aliphatic carbocycles. The van der Waals surface area contributed by atoms with Crippen LogP contribution in [0.15, 0.2) is 47.9 Å². The van der Waals surface area contributed by atoms with Crippen LogP contribution in [-0.4, -0.2) is 20.5 Å². The van der Waals surface area contributed by atoms with E-state index in [2.05, 4.69) is 10.1 Å². The monoisotopic (exact) mass is 338 g/mol. The van der Waals surface area contributed by atoms with Gasteiger partial charge in [-0.2, -0.15) is 10.4 Å². The van der Waals surface area contributed by atoms with E-state index in [1.807, 2.05) is 19.1 Å². The quantitative estimate of drug-likeness (QED) is 0.414. The predicted octanol–water partition coefficient (Wildman–Crippen LogP) is 3.57. The SMILES string of the molecule is Cc1ccsc1C(=O)C(C#N)=Cc1ccc(-n2cncn2)c(F)c1. The van der Waals surface area contributed by atoms with E-state index < -0.39 is 5.82 Å². The molecule has 0 atom stereocenters. The largest absolute Gasteiger partial charge is 0.287 e. The molecule has 0 saturated carbocycles. The Morgan fingerprint density at radius 1 is 1.42 bits per heavy atom. The molecule has 0 fully saturated rings. The Balaban J connectivity index is 1.95. The van der Waals surface area contributed by atoms with Gasteiger partial charge in [-0.3, -0.25) is 4.79 Å². The second-order valence-corrected chi connectivity index (χ2v) is 5.90. The number of thiophene rings is 1. The number of carbonyl (C=O) groups is 1. The number of aryl methyl sites for hydroxylation is 1. The summed E-state index contributed by atoms with van der Waals surface area (Å²) < 4.78 is 15.5. The van der Waals surface area contributed by atoms with Crippen molar-refractivity contribution >= 4 is 23.2 Å². The molecule has 0 bridgehead atoms. The van der Waals surface area contributed by atoms with Crippen LogP contribution in [0.5, 0.6) is 0 Å². The van der Waals surface area contributed by atoms with Gasteiger partial charge in [-0.25, -0.2) is 14.1 Å². The first-order valence-corrected chi connectivity index (χ1v) is 7.83. The minimum Gasteiger partial charge on any atom is -0.287 e. The highest BCUT2D eigenvalue weighted by Gasteiger charge is 2.16. The van der Waals surface area contributed by atoms with Gasteiger partial charge in [-0.15, -0.1) is 11.3 Å². The first-order chi connectivity index (χ1) is 11.6. The highest BCUT2D eigenvalue weighted by Crippen LogP contribution is 2.22. The fraction of sp³-hybridized carbons (Fsp3) is 0.0588. The lowest BCUT2D eigenvalue weighted by molar-refractivity contribution is 0.104. The molecule has 3 rings (SSSR count). The fourth-order valence-corrected chi connectivity index (χ4v) is 3.05. The zero-order chi connectivity index (χ0) is 17.1. The summed E-state index contributed by atoms with van der Waals surface area (Å²) >= 11 is 1.28. The summed E-state index contributed by atoms with van der Waals surface area (Å²) in [7, 11) is 0. The van der Waals surface area contributed by atoms with Crippen LogP contribution in [0.4, 0.5) is 4.39 Å². The maximum absolute atomic E-state index is 14.2. The molecule has 0 unspecified atom stereocenters. The molecule has 0 aliphatic heterocycles. The van der Waals surface area contributed by atoms with E-state index >= 15 is 0 Å². The van der Waals surface area contributed by atoms with E-state index in [0.29, 0.717) is 10.4 Å². The van der Waals surface area contributed by atoms with Gasteiger partial charge in [0.2, 0.25) is 5.78 Å². The highest BCUT2D eigenvalue weighted by atomic mass is 32.1. The standard InChI is InChI=1S/C17H11FN4OS/c1-11-4-5-24-17(11)16(23)13(8-19)6-12-2-3-15(14(18)7-12)22-10-20-9-21-22/h2-7,9-10H,1H3. The third-order valence-corrected chi connectivity index (χ3v) is 4.40. The molecule has 24 heavy (non-hydrogen) atoms. The summed E-state index contributed by atoms with van der Waals surface area (Å²) in [5.74, 6) is -0.878. The highest BCUT2D eigenvalue weighted by molar-refractivity contribution is 7.12. The van der Waals surface area contributed by atoms with E-state index in [1.165, 1.54) is 46.9 Å². The molecular weight excluding hydrogens is 327 g/mol. The van der Waals surface area contributed by atoms with Crippen molar-refractivity contribution in [3.63, 3.8) is 0 Å². The van der Waals surface area contributed by atoms with Crippen molar-refractivity contribution in [1.82, 2.24) is 14.8 Å². The maximum atomic E-state index is 14.2. The van der Waals surface area contributed by atoms with Gasteiger partial charge in [0.15, 0.2) is 0 Å². The topological polar surface area (TPSA) is 71.6 Å². The van der Waals surface area contributed by atoms with Gasteiger partial charge in [0.05, 0.1) is 4.88 Å². The molecule has 3 aromatic rings. The molecule has 0 N–H and O–H groups in total. The number of nitriles is 1. The van der Waals surface area contributed by atoms with Gasteiger partial charge in [-0.05, 0) is 47.7 Å². The van der Waals surface area contributed by atoms with Crippen molar-refractivity contribution in [2.45, 2.75) is 6.92 Å². The Morgan fingerprint density at radius 3 is 2.83 bits per heavy atom. The van der Waals surface area contributed by atoms with Crippen LogP contribution in [0.1, 0.15) is 20.8 Å². The van der Waals surface area contributed by atoms with Crippen molar-refractivity contribution in [1.29, 1.82) is 5.26 Å². The van der Waals surface area contributed by atoms with E-state index in [1.54, 1.807) is 11.4 Å². The minimum absolute atomic E-state index is 0.0338. The van der Waals surface area contributed by atoms with E-state index in [9.17, 15) is 14.4 Å². The smallest absolute Gasteiger partial charge is 0.213 e. The van der Waals surface area contributed by atoms with Gasteiger partial charge in [-0.1, -0.05) is 6.07 Å². The Bertz CT molecular complexity index is 967. The van der Waals surface area contributed by atoms with Gasteiger partial charge in [0.25, 0.3) is 0 Å². The average Bonchev–Trinajstić information content (AvgIpc) is 3.23. The zero-order valence-electron chi connectivity index (χ0n) is 12.6. The number of hydrogen-bond donors (Lipinski definition) is 0. The summed E-state index contributed by atoms with van der Waals surface area (Å²) in [6.07, 6.45) is 4.08. The summed E-state index contributed by atoms with van der Waals surface area (Å²) in [5, 5.41) is 14.9. The lowest BCUT2D eigenvalue weighted by Crippen LogP contribution is -2.02. The first kappa shape index (κ1) is 15.8. The molecule has 0 amide bonds. The Morgan fingerprint density at radius 2 is 2.25 bits per heavy atom. The summed E-state index contributed by atoms with van der Waals surface area (Å²) in [6, 6.07) is 8.10. The van der Waals surface area contributed by atoms with Crippen LogP contribution in [-0.2, 0) is 0 Å². The molecule has 5 nitrogen and oxygen atoms in total. The predicted molar refractivity (Wildman–Crippen MR) is 88.3 cm³/mol. The van der Waals surface area contributed by atoms with Crippen molar-refractivity contribution in [2.75, 3.05) is 0 Å². The number of rotatable bonds is 4. The van der Waals surface area contributed by atoms with Crippen LogP contribution in [0.25, 0.3) is 11.8 Å². The summed E-state index contributed by atoms with van der Waals surface area (Å²) in [4.78, 5) is 16.7. The molecule has 0 aliphatic rings. The molecule has 2 aromatic heterocycles. The Labute approximate surface area is 141 Å². The van der Waals surface area contributed by atoms with Gasteiger partial charge in [0.1, 0.15) is 35.8 Å². The molecule has 2 heterocycles. The fourth-order valence-electron chi connectivity index (χ4n) is 2.17. The summed E-state index contributed by atoms with van der Waals surface area (Å²) in [5.41, 5.74) is 1.45. The maximum Gasteiger partial charge on any atom is 0.213 e. The Kier molecular flexibility index (Phi) is 4.31. The average molecular weight is 338 g/mol. The zero-order valence-corrected chi connectivity index (χ0v) is 13.4. The number of ketones is 1. The van der Waals surface area contributed by atoms with E-state index in [4.69, 9.17) is 0 Å². The summed E-state index contributed by atoms with van der Waals surface area (Å²) in [6.45, 7) is 1.81. The number of Topliss-reactive ketones (excluding diaryl/α,β-unsaturated/α-hetero) is 1. The molecular formula is C17H11FN4OS. The second-order valence-electron chi connectivity index (χ2n) is 4.98. The lowest BCUT2D eigenvalue weighted by atomic mass is 10.0. The molecule has 7 heteroatoms. The van der Waals surface area contributed by atoms with Crippen LogP contribution in [0, 0.1) is 24.1 Å². The number of aromatic nitrogens is 3. The molecule has 0 saturated heterocycles. The van der Waals surface area contributed by atoms with Gasteiger partial charge in [0, 0.05) is 0 Å². The van der Waals surface area contributed by atoms with E-state index in [-0.39, 0.29) is 17.0 Å². The molecule has 0 spiro atoms. The normalized spacial score (nSPS) is 11.3. The van der Waals surface area contributed by atoms with Crippen molar-refractivity contribution in [3.05, 3.63) is 69.7 Å². The van der Waals surface area contributed by atoms with Crippen molar-refractivity contribution in [3.8, 4) is 11.8 Å². The number of nitrogens with zero attached hydrogens (tertiary/aromatic N) is 4. The second kappa shape index (κ2) is 6.56. The number of halogens is 1. The third kappa shape index (κ3) is 3.00. The first-order valence-electron chi connectivity index (χ1n) is 6.95. The van der Waals surface area contributed by atoms with Crippen molar-refractivity contribution < 1.29 is 9.18 Å². The van der Waals surface area contributed by atoms with Crippen LogP contribution in [0.2, 0.25) is 0 Å².